The van der Waals surface area contributed by atoms with Crippen molar-refractivity contribution in [2.45, 2.75) is 19.8 Å². The molecule has 1 heterocycles. The van der Waals surface area contributed by atoms with E-state index in [2.05, 4.69) is 17.1 Å². The van der Waals surface area contributed by atoms with Crippen molar-refractivity contribution in [3.63, 3.8) is 0 Å². The highest BCUT2D eigenvalue weighted by Crippen LogP contribution is 2.23. The quantitative estimate of drug-likeness (QED) is 0.521. The molecule has 0 atom stereocenters. The average Bonchev–Trinajstić information content (AvgIpc) is 3.07. The SMILES string of the molecule is Cc1nc(Cc2ccc(F)cc2)sc1C(=O)N(CCN)CCc1ccccc1.Cl.Cl. The lowest BCUT2D eigenvalue weighted by Crippen LogP contribution is -2.36. The van der Waals surface area contributed by atoms with Crippen molar-refractivity contribution >= 4 is 42.1 Å². The molecule has 30 heavy (non-hydrogen) atoms. The van der Waals surface area contributed by atoms with Crippen LogP contribution in [0.5, 0.6) is 0 Å². The van der Waals surface area contributed by atoms with Gasteiger partial charge in [-0.1, -0.05) is 42.5 Å². The Balaban J connectivity index is 0.00000225. The summed E-state index contributed by atoms with van der Waals surface area (Å²) in [5.74, 6) is -0.285. The minimum absolute atomic E-state index is 0. The molecule has 0 aliphatic carbocycles. The van der Waals surface area contributed by atoms with Crippen LogP contribution in [0.25, 0.3) is 0 Å². The molecule has 0 saturated heterocycles. The zero-order chi connectivity index (χ0) is 19.9. The fraction of sp³-hybridized carbons (Fsp3) is 0.273. The van der Waals surface area contributed by atoms with E-state index in [4.69, 9.17) is 5.73 Å². The van der Waals surface area contributed by atoms with Gasteiger partial charge in [0.15, 0.2) is 0 Å². The lowest BCUT2D eigenvalue weighted by molar-refractivity contribution is 0.0766. The molecule has 0 bridgehead atoms. The number of hydrogen-bond acceptors (Lipinski definition) is 4. The maximum atomic E-state index is 13.1. The molecule has 0 saturated carbocycles. The first-order valence-corrected chi connectivity index (χ1v) is 10.1. The molecule has 2 N–H and O–H groups in total. The molecule has 3 aromatic rings. The third-order valence-electron chi connectivity index (χ3n) is 4.50. The van der Waals surface area contributed by atoms with Gasteiger partial charge < -0.3 is 10.6 Å². The van der Waals surface area contributed by atoms with Crippen LogP contribution in [0.4, 0.5) is 4.39 Å². The molecule has 162 valence electrons. The van der Waals surface area contributed by atoms with Gasteiger partial charge in [0.1, 0.15) is 10.7 Å². The van der Waals surface area contributed by atoms with E-state index < -0.39 is 0 Å². The molecule has 1 amide bonds. The van der Waals surface area contributed by atoms with Crippen LogP contribution in [0, 0.1) is 12.7 Å². The lowest BCUT2D eigenvalue weighted by atomic mass is 10.1. The van der Waals surface area contributed by atoms with Gasteiger partial charge in [-0.15, -0.1) is 36.2 Å². The molecule has 2 aromatic carbocycles. The number of carbonyl (C=O) groups is 1. The molecule has 0 fully saturated rings. The fourth-order valence-corrected chi connectivity index (χ4v) is 4.09. The molecular formula is C22H26Cl2FN3OS. The fourth-order valence-electron chi connectivity index (χ4n) is 3.03. The van der Waals surface area contributed by atoms with Crippen LogP contribution >= 0.6 is 36.2 Å². The number of halogens is 3. The molecule has 0 aliphatic heterocycles. The largest absolute Gasteiger partial charge is 0.336 e. The minimum atomic E-state index is -0.259. The first-order valence-electron chi connectivity index (χ1n) is 9.31. The summed E-state index contributed by atoms with van der Waals surface area (Å²) >= 11 is 1.41. The summed E-state index contributed by atoms with van der Waals surface area (Å²) in [4.78, 5) is 20.1. The van der Waals surface area contributed by atoms with Gasteiger partial charge in [0.25, 0.3) is 5.91 Å². The van der Waals surface area contributed by atoms with Crippen molar-refractivity contribution in [3.8, 4) is 0 Å². The van der Waals surface area contributed by atoms with E-state index in [1.54, 1.807) is 17.0 Å². The Hall–Kier alpha value is -1.99. The summed E-state index contributed by atoms with van der Waals surface area (Å²) in [6.07, 6.45) is 1.37. The standard InChI is InChI=1S/C22H24FN3OS.2ClH/c1-16-21(28-20(25-16)15-18-7-9-19(23)10-8-18)22(27)26(14-12-24)13-11-17-5-3-2-4-6-17;;/h2-10H,11-15,24H2,1H3;2*1H. The van der Waals surface area contributed by atoms with Gasteiger partial charge in [-0.25, -0.2) is 9.37 Å². The van der Waals surface area contributed by atoms with Crippen molar-refractivity contribution < 1.29 is 9.18 Å². The Bertz CT molecular complexity index is 920. The van der Waals surface area contributed by atoms with Crippen LogP contribution in [-0.2, 0) is 12.8 Å². The van der Waals surface area contributed by atoms with Crippen molar-refractivity contribution in [2.75, 3.05) is 19.6 Å². The van der Waals surface area contributed by atoms with Gasteiger partial charge in [-0.2, -0.15) is 0 Å². The smallest absolute Gasteiger partial charge is 0.265 e. The van der Waals surface area contributed by atoms with Crippen molar-refractivity contribution in [2.24, 2.45) is 5.73 Å². The Kier molecular flexibility index (Phi) is 11.0. The average molecular weight is 470 g/mol. The van der Waals surface area contributed by atoms with Gasteiger partial charge in [-0.3, -0.25) is 4.79 Å². The predicted octanol–water partition coefficient (Wildman–Crippen LogP) is 4.67. The van der Waals surface area contributed by atoms with Crippen LogP contribution < -0.4 is 5.73 Å². The van der Waals surface area contributed by atoms with Gasteiger partial charge in [-0.05, 0) is 36.6 Å². The second kappa shape index (κ2) is 12.6. The highest BCUT2D eigenvalue weighted by atomic mass is 35.5. The second-order valence-electron chi connectivity index (χ2n) is 6.64. The van der Waals surface area contributed by atoms with E-state index in [1.807, 2.05) is 25.1 Å². The highest BCUT2D eigenvalue weighted by Gasteiger charge is 2.21. The maximum Gasteiger partial charge on any atom is 0.265 e. The highest BCUT2D eigenvalue weighted by molar-refractivity contribution is 7.13. The van der Waals surface area contributed by atoms with Gasteiger partial charge in [0.2, 0.25) is 0 Å². The van der Waals surface area contributed by atoms with Crippen molar-refractivity contribution in [1.29, 1.82) is 0 Å². The summed E-state index contributed by atoms with van der Waals surface area (Å²) in [7, 11) is 0. The molecule has 0 aliphatic rings. The predicted molar refractivity (Wildman–Crippen MR) is 126 cm³/mol. The molecule has 0 radical (unpaired) electrons. The zero-order valence-corrected chi connectivity index (χ0v) is 19.2. The number of nitrogens with zero attached hydrogens (tertiary/aromatic N) is 2. The van der Waals surface area contributed by atoms with Gasteiger partial charge >= 0.3 is 0 Å². The molecule has 4 nitrogen and oxygen atoms in total. The number of nitrogens with two attached hydrogens (primary N) is 1. The Morgan fingerprint density at radius 3 is 2.33 bits per heavy atom. The minimum Gasteiger partial charge on any atom is -0.336 e. The topological polar surface area (TPSA) is 59.2 Å². The van der Waals surface area contributed by atoms with Crippen LogP contribution in [0.2, 0.25) is 0 Å². The third kappa shape index (κ3) is 7.06. The number of thiazole rings is 1. The monoisotopic (exact) mass is 469 g/mol. The number of aromatic nitrogens is 1. The zero-order valence-electron chi connectivity index (χ0n) is 16.7. The van der Waals surface area contributed by atoms with E-state index >= 15 is 0 Å². The number of benzene rings is 2. The summed E-state index contributed by atoms with van der Waals surface area (Å²) in [6, 6.07) is 16.5. The Morgan fingerprint density at radius 1 is 1.03 bits per heavy atom. The third-order valence-corrected chi connectivity index (χ3v) is 5.65. The normalized spacial score (nSPS) is 10.1. The van der Waals surface area contributed by atoms with Crippen LogP contribution in [-0.4, -0.2) is 35.4 Å². The number of amides is 1. The van der Waals surface area contributed by atoms with Gasteiger partial charge in [0, 0.05) is 26.1 Å². The van der Waals surface area contributed by atoms with Crippen LogP contribution in [0.1, 0.15) is 31.5 Å². The van der Waals surface area contributed by atoms with Crippen molar-refractivity contribution in [3.05, 3.63) is 87.1 Å². The molecule has 8 heteroatoms. The number of rotatable bonds is 8. The number of hydrogen-bond donors (Lipinski definition) is 1. The number of carbonyl (C=O) groups excluding carboxylic acids is 1. The summed E-state index contributed by atoms with van der Waals surface area (Å²) in [5.41, 5.74) is 8.63. The van der Waals surface area contributed by atoms with E-state index in [-0.39, 0.29) is 36.5 Å². The molecule has 1 aromatic heterocycles. The Morgan fingerprint density at radius 2 is 1.70 bits per heavy atom. The maximum absolute atomic E-state index is 13.1. The van der Waals surface area contributed by atoms with E-state index in [9.17, 15) is 9.18 Å². The molecule has 3 rings (SSSR count). The molecule has 0 spiro atoms. The summed E-state index contributed by atoms with van der Waals surface area (Å²) in [5, 5.41) is 0.850. The van der Waals surface area contributed by atoms with Crippen molar-refractivity contribution in [1.82, 2.24) is 9.88 Å². The second-order valence-corrected chi connectivity index (χ2v) is 7.73. The molecule has 0 unspecified atom stereocenters. The van der Waals surface area contributed by atoms with Crippen LogP contribution in [0.15, 0.2) is 54.6 Å². The van der Waals surface area contributed by atoms with Crippen LogP contribution in [0.3, 0.4) is 0 Å². The summed E-state index contributed by atoms with van der Waals surface area (Å²) in [6.45, 7) is 3.40. The van der Waals surface area contributed by atoms with E-state index in [0.29, 0.717) is 30.9 Å². The van der Waals surface area contributed by atoms with E-state index in [0.717, 1.165) is 22.7 Å². The number of aryl methyl sites for hydroxylation is 1. The summed E-state index contributed by atoms with van der Waals surface area (Å²) < 4.78 is 13.1. The Labute approximate surface area is 193 Å². The first-order chi connectivity index (χ1) is 13.6. The molecular weight excluding hydrogens is 444 g/mol. The van der Waals surface area contributed by atoms with Gasteiger partial charge in [0.05, 0.1) is 10.7 Å². The van der Waals surface area contributed by atoms with E-state index in [1.165, 1.54) is 29.0 Å². The first kappa shape index (κ1) is 26.0. The lowest BCUT2D eigenvalue weighted by Gasteiger charge is -2.21.